The Hall–Kier alpha value is -4.12. The molecule has 0 saturated carbocycles. The van der Waals surface area contributed by atoms with E-state index >= 15 is 0 Å². The number of amides is 1. The zero-order valence-electron chi connectivity index (χ0n) is 20.3. The summed E-state index contributed by atoms with van der Waals surface area (Å²) in [6.45, 7) is 7.96. The van der Waals surface area contributed by atoms with E-state index in [-0.39, 0.29) is 11.3 Å². The van der Waals surface area contributed by atoms with Crippen molar-refractivity contribution in [1.29, 1.82) is 0 Å². The van der Waals surface area contributed by atoms with Gasteiger partial charge in [-0.1, -0.05) is 49.4 Å². The van der Waals surface area contributed by atoms with Gasteiger partial charge in [0.15, 0.2) is 0 Å². The third-order valence-corrected chi connectivity index (χ3v) is 7.06. The minimum absolute atomic E-state index is 0.102. The number of hydrogen-bond acceptors (Lipinski definition) is 3. The highest BCUT2D eigenvalue weighted by atomic mass is 16.3. The molecule has 1 amide bonds. The third kappa shape index (κ3) is 3.64. The van der Waals surface area contributed by atoms with Crippen molar-refractivity contribution < 1.29 is 14.7 Å². The number of carbonyl (C=O) groups excluding carboxylic acids is 2. The molecule has 3 aromatic carbocycles. The van der Waals surface area contributed by atoms with E-state index in [2.05, 4.69) is 11.9 Å². The van der Waals surface area contributed by atoms with Crippen LogP contribution in [0.3, 0.4) is 0 Å². The van der Waals surface area contributed by atoms with Gasteiger partial charge < -0.3 is 10.1 Å². The zero-order valence-corrected chi connectivity index (χ0v) is 20.3. The molecule has 1 aromatic heterocycles. The first-order valence-electron chi connectivity index (χ1n) is 11.9. The van der Waals surface area contributed by atoms with Gasteiger partial charge >= 0.3 is 0 Å². The number of para-hydroxylation sites is 1. The number of aliphatic hydroxyl groups excluding tert-OH is 1. The van der Waals surface area contributed by atoms with Gasteiger partial charge in [-0.05, 0) is 68.1 Å². The number of aromatic nitrogens is 1. The molecule has 5 rings (SSSR count). The van der Waals surface area contributed by atoms with E-state index in [9.17, 15) is 14.7 Å². The van der Waals surface area contributed by atoms with Gasteiger partial charge in [0.1, 0.15) is 5.76 Å². The number of aryl methyl sites for hydroxylation is 4. The normalized spacial score (nSPS) is 17.5. The lowest BCUT2D eigenvalue weighted by atomic mass is 9.92. The summed E-state index contributed by atoms with van der Waals surface area (Å²) in [6.07, 6.45) is 0.872. The van der Waals surface area contributed by atoms with Gasteiger partial charge in [-0.15, -0.1) is 0 Å². The number of carbonyl (C=O) groups is 2. The van der Waals surface area contributed by atoms with Gasteiger partial charge in [-0.3, -0.25) is 14.5 Å². The van der Waals surface area contributed by atoms with Gasteiger partial charge in [0.25, 0.3) is 11.7 Å². The van der Waals surface area contributed by atoms with Crippen LogP contribution in [-0.2, 0) is 16.0 Å². The third-order valence-electron chi connectivity index (χ3n) is 7.06. The summed E-state index contributed by atoms with van der Waals surface area (Å²) >= 11 is 0. The predicted molar refractivity (Wildman–Crippen MR) is 140 cm³/mol. The van der Waals surface area contributed by atoms with Crippen molar-refractivity contribution in [3.63, 3.8) is 0 Å². The maximum atomic E-state index is 13.5. The van der Waals surface area contributed by atoms with E-state index in [1.807, 2.05) is 81.4 Å². The Morgan fingerprint density at radius 1 is 0.943 bits per heavy atom. The number of fused-ring (bicyclic) bond motifs is 1. The van der Waals surface area contributed by atoms with Gasteiger partial charge in [-0.25, -0.2) is 0 Å². The van der Waals surface area contributed by atoms with Crippen LogP contribution in [0.5, 0.6) is 0 Å². The molecule has 0 spiro atoms. The first-order chi connectivity index (χ1) is 16.8. The van der Waals surface area contributed by atoms with Crippen LogP contribution in [0.15, 0.2) is 72.3 Å². The Bertz CT molecular complexity index is 1510. The fourth-order valence-electron chi connectivity index (χ4n) is 4.96. The highest BCUT2D eigenvalue weighted by Crippen LogP contribution is 2.45. The standard InChI is InChI=1S/C30H28N2O3/c1-5-20-11-14-22(15-12-20)32-27(25-19(4)31-24-9-7-6-8-23(24)25)26(29(34)30(32)35)28(33)21-13-10-17(2)18(3)16-21/h6-16,27,31,33H,5H2,1-4H3/b28-26+. The number of aliphatic hydroxyl groups is 1. The van der Waals surface area contributed by atoms with Crippen molar-refractivity contribution in [2.45, 2.75) is 40.2 Å². The van der Waals surface area contributed by atoms with Gasteiger partial charge in [0.05, 0.1) is 11.6 Å². The molecule has 1 atom stereocenters. The quantitative estimate of drug-likeness (QED) is 0.212. The molecule has 5 nitrogen and oxygen atoms in total. The fraction of sp³-hybridized carbons (Fsp3) is 0.200. The van der Waals surface area contributed by atoms with Crippen molar-refractivity contribution >= 4 is 34.0 Å². The van der Waals surface area contributed by atoms with E-state index in [0.29, 0.717) is 11.3 Å². The molecule has 1 aliphatic rings. The van der Waals surface area contributed by atoms with Crippen molar-refractivity contribution in [3.05, 3.63) is 106 Å². The Morgan fingerprint density at radius 2 is 1.66 bits per heavy atom. The van der Waals surface area contributed by atoms with E-state index in [1.165, 1.54) is 4.90 Å². The number of ketones is 1. The average molecular weight is 465 g/mol. The van der Waals surface area contributed by atoms with Crippen LogP contribution in [0, 0.1) is 20.8 Å². The second-order valence-electron chi connectivity index (χ2n) is 9.20. The summed E-state index contributed by atoms with van der Waals surface area (Å²) in [6, 6.07) is 20.3. The first-order valence-corrected chi connectivity index (χ1v) is 11.9. The molecule has 0 aliphatic carbocycles. The largest absolute Gasteiger partial charge is 0.507 e. The molecule has 1 fully saturated rings. The summed E-state index contributed by atoms with van der Waals surface area (Å²) < 4.78 is 0. The summed E-state index contributed by atoms with van der Waals surface area (Å²) in [5.41, 5.74) is 7.04. The first kappa shape index (κ1) is 22.7. The Kier molecular flexibility index (Phi) is 5.56. The molecule has 5 heteroatoms. The maximum absolute atomic E-state index is 13.5. The van der Waals surface area contributed by atoms with E-state index in [1.54, 1.807) is 6.07 Å². The number of nitrogens with zero attached hydrogens (tertiary/aromatic N) is 1. The average Bonchev–Trinajstić information content (AvgIpc) is 3.32. The maximum Gasteiger partial charge on any atom is 0.300 e. The van der Waals surface area contributed by atoms with Gasteiger partial charge in [-0.2, -0.15) is 0 Å². The van der Waals surface area contributed by atoms with Crippen LogP contribution >= 0.6 is 0 Å². The summed E-state index contributed by atoms with van der Waals surface area (Å²) in [7, 11) is 0. The minimum atomic E-state index is -0.764. The van der Waals surface area contributed by atoms with Crippen molar-refractivity contribution in [2.75, 3.05) is 4.90 Å². The number of hydrogen-bond donors (Lipinski definition) is 2. The molecule has 1 unspecified atom stereocenters. The molecule has 2 N–H and O–H groups in total. The number of nitrogens with one attached hydrogen (secondary N) is 1. The molecule has 4 aromatic rings. The molecular formula is C30H28N2O3. The number of aromatic amines is 1. The Labute approximate surface area is 204 Å². The van der Waals surface area contributed by atoms with Crippen LogP contribution in [-0.4, -0.2) is 21.8 Å². The monoisotopic (exact) mass is 464 g/mol. The van der Waals surface area contributed by atoms with Crippen LogP contribution in [0.2, 0.25) is 0 Å². The zero-order chi connectivity index (χ0) is 24.9. The highest BCUT2D eigenvalue weighted by Gasteiger charge is 2.48. The molecule has 176 valence electrons. The Balaban J connectivity index is 1.80. The molecule has 2 heterocycles. The second kappa shape index (κ2) is 8.58. The van der Waals surface area contributed by atoms with Crippen LogP contribution in [0.4, 0.5) is 5.69 Å². The molecule has 0 radical (unpaired) electrons. The van der Waals surface area contributed by atoms with E-state index in [4.69, 9.17) is 0 Å². The smallest absolute Gasteiger partial charge is 0.300 e. The van der Waals surface area contributed by atoms with Crippen molar-refractivity contribution in [2.24, 2.45) is 0 Å². The minimum Gasteiger partial charge on any atom is -0.507 e. The molecule has 35 heavy (non-hydrogen) atoms. The number of benzene rings is 3. The second-order valence-corrected chi connectivity index (χ2v) is 9.20. The lowest BCUT2D eigenvalue weighted by Gasteiger charge is -2.26. The SMILES string of the molecule is CCc1ccc(N2C(=O)C(=O)/C(=C(/O)c3ccc(C)c(C)c3)C2c2c(C)[nH]c3ccccc23)cc1. The van der Waals surface area contributed by atoms with Crippen LogP contribution < -0.4 is 4.90 Å². The van der Waals surface area contributed by atoms with Gasteiger partial charge in [0, 0.05) is 33.4 Å². The molecule has 1 saturated heterocycles. The number of anilines is 1. The van der Waals surface area contributed by atoms with Crippen molar-refractivity contribution in [1.82, 2.24) is 4.98 Å². The number of Topliss-reactive ketones (excluding diaryl/α,β-unsaturated/α-hetero) is 1. The topological polar surface area (TPSA) is 73.4 Å². The lowest BCUT2D eigenvalue weighted by molar-refractivity contribution is -0.132. The Morgan fingerprint density at radius 3 is 2.34 bits per heavy atom. The van der Waals surface area contributed by atoms with E-state index < -0.39 is 17.7 Å². The summed E-state index contributed by atoms with van der Waals surface area (Å²) in [4.78, 5) is 31.9. The van der Waals surface area contributed by atoms with Crippen LogP contribution in [0.1, 0.15) is 46.5 Å². The molecule has 1 aliphatic heterocycles. The van der Waals surface area contributed by atoms with Gasteiger partial charge in [0.2, 0.25) is 0 Å². The highest BCUT2D eigenvalue weighted by molar-refractivity contribution is 6.52. The molecular weight excluding hydrogens is 436 g/mol. The lowest BCUT2D eigenvalue weighted by Crippen LogP contribution is -2.29. The summed E-state index contributed by atoms with van der Waals surface area (Å²) in [5.74, 6) is -1.49. The summed E-state index contributed by atoms with van der Waals surface area (Å²) in [5, 5.41) is 12.4. The fourth-order valence-corrected chi connectivity index (χ4v) is 4.96. The number of rotatable bonds is 4. The van der Waals surface area contributed by atoms with E-state index in [0.717, 1.165) is 45.3 Å². The number of H-pyrrole nitrogens is 1. The molecule has 0 bridgehead atoms. The predicted octanol–water partition coefficient (Wildman–Crippen LogP) is 6.28. The van der Waals surface area contributed by atoms with Crippen LogP contribution in [0.25, 0.3) is 16.7 Å². The van der Waals surface area contributed by atoms with Crippen molar-refractivity contribution in [3.8, 4) is 0 Å².